The summed E-state index contributed by atoms with van der Waals surface area (Å²) in [5, 5.41) is 9.97. The maximum absolute atomic E-state index is 13.4. The van der Waals surface area contributed by atoms with Crippen LogP contribution in [0.2, 0.25) is 0 Å². The number of hydrogen-bond donors (Lipinski definition) is 2. The summed E-state index contributed by atoms with van der Waals surface area (Å²) >= 11 is 0. The van der Waals surface area contributed by atoms with Crippen molar-refractivity contribution in [3.63, 3.8) is 0 Å². The molecule has 4 heteroatoms. The van der Waals surface area contributed by atoms with Gasteiger partial charge in [-0.05, 0) is 50.6 Å². The van der Waals surface area contributed by atoms with Gasteiger partial charge in [-0.1, -0.05) is 6.07 Å². The van der Waals surface area contributed by atoms with Gasteiger partial charge in [0, 0.05) is 18.2 Å². The van der Waals surface area contributed by atoms with Crippen LogP contribution in [0.1, 0.15) is 36.7 Å². The lowest BCUT2D eigenvalue weighted by molar-refractivity contribution is 0.304. The Morgan fingerprint density at radius 2 is 2.28 bits per heavy atom. The number of aromatic hydroxyl groups is 1. The largest absolute Gasteiger partial charge is 0.508 e. The molecule has 2 rings (SSSR count). The van der Waals surface area contributed by atoms with Gasteiger partial charge >= 0.3 is 0 Å². The average Bonchev–Trinajstić information content (AvgIpc) is 2.71. The van der Waals surface area contributed by atoms with Crippen molar-refractivity contribution in [2.45, 2.75) is 25.6 Å². The summed E-state index contributed by atoms with van der Waals surface area (Å²) in [6.07, 6.45) is -0.0913. The van der Waals surface area contributed by atoms with Crippen molar-refractivity contribution < 1.29 is 9.50 Å². The van der Waals surface area contributed by atoms with Gasteiger partial charge < -0.3 is 10.8 Å². The van der Waals surface area contributed by atoms with Crippen molar-refractivity contribution in [1.82, 2.24) is 4.90 Å². The van der Waals surface area contributed by atoms with E-state index in [-0.39, 0.29) is 11.8 Å². The van der Waals surface area contributed by atoms with Crippen molar-refractivity contribution in [3.05, 3.63) is 29.3 Å². The second kappa shape index (κ2) is 5.24. The average molecular weight is 252 g/mol. The number of phenols is 1. The van der Waals surface area contributed by atoms with Crippen molar-refractivity contribution in [3.8, 4) is 5.75 Å². The Hall–Kier alpha value is -1.13. The monoisotopic (exact) mass is 252 g/mol. The quantitative estimate of drug-likeness (QED) is 0.868. The lowest BCUT2D eigenvalue weighted by atomic mass is 9.96. The first-order chi connectivity index (χ1) is 8.52. The normalized spacial score (nSPS) is 26.4. The Bertz CT molecular complexity index is 422. The van der Waals surface area contributed by atoms with Gasteiger partial charge in [0.15, 0.2) is 0 Å². The third kappa shape index (κ3) is 2.49. The molecule has 1 aromatic rings. The molecule has 3 atom stereocenters. The molecule has 0 radical (unpaired) electrons. The summed E-state index contributed by atoms with van der Waals surface area (Å²) in [4.78, 5) is 2.18. The van der Waals surface area contributed by atoms with Crippen molar-refractivity contribution in [2.24, 2.45) is 11.7 Å². The molecule has 18 heavy (non-hydrogen) atoms. The Morgan fingerprint density at radius 3 is 2.83 bits per heavy atom. The predicted octanol–water partition coefficient (Wildman–Crippen LogP) is 2.37. The highest BCUT2D eigenvalue weighted by atomic mass is 19.1. The molecule has 0 spiro atoms. The lowest BCUT2D eigenvalue weighted by Gasteiger charge is -2.21. The molecule has 3 N–H and O–H groups in total. The fourth-order valence-electron chi connectivity index (χ4n) is 2.73. The number of benzene rings is 1. The zero-order valence-electron chi connectivity index (χ0n) is 10.9. The van der Waals surface area contributed by atoms with E-state index in [2.05, 4.69) is 4.90 Å². The Labute approximate surface area is 107 Å². The highest BCUT2D eigenvalue weighted by Crippen LogP contribution is 2.39. The van der Waals surface area contributed by atoms with E-state index in [0.29, 0.717) is 18.0 Å². The third-order valence-electron chi connectivity index (χ3n) is 3.84. The van der Waals surface area contributed by atoms with Gasteiger partial charge in [-0.25, -0.2) is 4.39 Å². The Balaban J connectivity index is 2.30. The van der Waals surface area contributed by atoms with E-state index >= 15 is 0 Å². The zero-order valence-corrected chi connectivity index (χ0v) is 10.9. The highest BCUT2D eigenvalue weighted by molar-refractivity contribution is 5.39. The molecule has 0 amide bonds. The van der Waals surface area contributed by atoms with Gasteiger partial charge in [0.05, 0.1) is 0 Å². The molecule has 0 aliphatic carbocycles. The second-order valence-corrected chi connectivity index (χ2v) is 5.23. The third-order valence-corrected chi connectivity index (χ3v) is 3.84. The first-order valence-corrected chi connectivity index (χ1v) is 6.40. The second-order valence-electron chi connectivity index (χ2n) is 5.23. The minimum atomic E-state index is -1.01. The van der Waals surface area contributed by atoms with E-state index in [1.165, 1.54) is 6.92 Å². The molecule has 0 aromatic heterocycles. The molecule has 3 nitrogen and oxygen atoms in total. The summed E-state index contributed by atoms with van der Waals surface area (Å²) in [6, 6.07) is 5.14. The summed E-state index contributed by atoms with van der Waals surface area (Å²) in [5.41, 5.74) is 7.14. The summed E-state index contributed by atoms with van der Waals surface area (Å²) in [5.74, 6) is 0.694. The molecule has 1 aliphatic heterocycles. The van der Waals surface area contributed by atoms with E-state index in [4.69, 9.17) is 5.73 Å². The molecule has 1 aromatic carbocycles. The summed E-state index contributed by atoms with van der Waals surface area (Å²) in [7, 11) is 2.02. The lowest BCUT2D eigenvalue weighted by Crippen LogP contribution is -2.20. The van der Waals surface area contributed by atoms with Crippen molar-refractivity contribution in [2.75, 3.05) is 20.1 Å². The van der Waals surface area contributed by atoms with Crippen LogP contribution in [-0.2, 0) is 0 Å². The van der Waals surface area contributed by atoms with E-state index in [0.717, 1.165) is 18.5 Å². The molecular formula is C14H21FN2O. The number of alkyl halides is 1. The molecule has 1 fully saturated rings. The first kappa shape index (κ1) is 13.3. The van der Waals surface area contributed by atoms with Crippen LogP contribution in [0, 0.1) is 5.92 Å². The first-order valence-electron chi connectivity index (χ1n) is 6.40. The molecule has 0 saturated carbocycles. The number of hydrogen-bond acceptors (Lipinski definition) is 3. The highest BCUT2D eigenvalue weighted by Gasteiger charge is 2.31. The Morgan fingerprint density at radius 1 is 1.56 bits per heavy atom. The minimum Gasteiger partial charge on any atom is -0.508 e. The smallest absolute Gasteiger partial charge is 0.122 e. The predicted molar refractivity (Wildman–Crippen MR) is 70.2 cm³/mol. The molecular weight excluding hydrogens is 231 g/mol. The molecule has 1 aliphatic rings. The van der Waals surface area contributed by atoms with Crippen LogP contribution in [0.4, 0.5) is 4.39 Å². The van der Waals surface area contributed by atoms with E-state index in [9.17, 15) is 9.50 Å². The molecule has 0 bridgehead atoms. The van der Waals surface area contributed by atoms with Crippen LogP contribution >= 0.6 is 0 Å². The van der Waals surface area contributed by atoms with E-state index in [1.807, 2.05) is 7.05 Å². The van der Waals surface area contributed by atoms with Crippen LogP contribution < -0.4 is 5.73 Å². The number of nitrogens with zero attached hydrogens (tertiary/aromatic N) is 1. The van der Waals surface area contributed by atoms with Crippen LogP contribution in [0.3, 0.4) is 0 Å². The number of halogens is 1. The zero-order chi connectivity index (χ0) is 13.3. The van der Waals surface area contributed by atoms with Crippen molar-refractivity contribution in [1.29, 1.82) is 0 Å². The van der Waals surface area contributed by atoms with Crippen LogP contribution in [0.15, 0.2) is 18.2 Å². The van der Waals surface area contributed by atoms with E-state index < -0.39 is 6.17 Å². The number of nitrogens with two attached hydrogens (primary N) is 1. The van der Waals surface area contributed by atoms with Crippen LogP contribution in [-0.4, -0.2) is 30.1 Å². The van der Waals surface area contributed by atoms with Gasteiger partial charge in [-0.15, -0.1) is 0 Å². The number of phenolic OH excluding ortho intramolecular Hbond substituents is 1. The maximum Gasteiger partial charge on any atom is 0.122 e. The van der Waals surface area contributed by atoms with Gasteiger partial charge in [0.25, 0.3) is 0 Å². The van der Waals surface area contributed by atoms with Gasteiger partial charge in [0.1, 0.15) is 11.9 Å². The van der Waals surface area contributed by atoms with Gasteiger partial charge in [0.2, 0.25) is 0 Å². The SMILES string of the molecule is CC(F)c1ccc(O)c(C2CC(CN)CN2C)c1. The van der Waals surface area contributed by atoms with Crippen molar-refractivity contribution >= 4 is 0 Å². The molecule has 1 heterocycles. The standard InChI is InChI=1S/C14H21FN2O/c1-9(15)11-3-4-14(18)12(6-11)13-5-10(7-16)8-17(13)2/h3-4,6,9-10,13,18H,5,7-8,16H2,1-2H3. The van der Waals surface area contributed by atoms with Crippen LogP contribution in [0.25, 0.3) is 0 Å². The number of likely N-dealkylation sites (tertiary alicyclic amines) is 1. The van der Waals surface area contributed by atoms with E-state index in [1.54, 1.807) is 18.2 Å². The molecule has 1 saturated heterocycles. The Kier molecular flexibility index (Phi) is 3.88. The van der Waals surface area contributed by atoms with Gasteiger partial charge in [-0.3, -0.25) is 4.90 Å². The fraction of sp³-hybridized carbons (Fsp3) is 0.571. The number of rotatable bonds is 3. The minimum absolute atomic E-state index is 0.136. The molecule has 3 unspecified atom stereocenters. The summed E-state index contributed by atoms with van der Waals surface area (Å²) < 4.78 is 13.4. The molecule has 100 valence electrons. The topological polar surface area (TPSA) is 49.5 Å². The summed E-state index contributed by atoms with van der Waals surface area (Å²) in [6.45, 7) is 3.09. The fourth-order valence-corrected chi connectivity index (χ4v) is 2.73. The maximum atomic E-state index is 13.4. The van der Waals surface area contributed by atoms with Gasteiger partial charge in [-0.2, -0.15) is 0 Å². The van der Waals surface area contributed by atoms with Crippen LogP contribution in [0.5, 0.6) is 5.75 Å².